The number of fused-ring (bicyclic) bond motifs is 13. The third-order valence-corrected chi connectivity index (χ3v) is 12.8. The smallest absolute Gasteiger partial charge is 0.329 e. The highest BCUT2D eigenvalue weighted by Crippen LogP contribution is 2.52. The van der Waals surface area contributed by atoms with Gasteiger partial charge in [0.1, 0.15) is 11.5 Å². The molecule has 49 heavy (non-hydrogen) atoms. The number of rotatable bonds is 0. The van der Waals surface area contributed by atoms with Crippen molar-refractivity contribution < 1.29 is 4.74 Å². The third-order valence-electron chi connectivity index (χ3n) is 11.6. The van der Waals surface area contributed by atoms with Crippen LogP contribution >= 0.6 is 11.3 Å². The molecule has 0 bridgehead atoms. The van der Waals surface area contributed by atoms with Crippen molar-refractivity contribution in [3.8, 4) is 33.8 Å². The maximum Gasteiger partial charge on any atom is 0.329 e. The van der Waals surface area contributed by atoms with Gasteiger partial charge in [0.05, 0.1) is 0 Å². The predicted molar refractivity (Wildman–Crippen MR) is 212 cm³/mol. The van der Waals surface area contributed by atoms with Crippen molar-refractivity contribution in [1.82, 2.24) is 0 Å². The number of ether oxygens (including phenoxy) is 1. The molecule has 0 saturated heterocycles. The summed E-state index contributed by atoms with van der Waals surface area (Å²) in [4.78, 5) is 2.73. The number of nitrogens with zero attached hydrogens (tertiary/aromatic N) is 1. The van der Waals surface area contributed by atoms with Crippen molar-refractivity contribution in [3.05, 3.63) is 114 Å². The van der Waals surface area contributed by atoms with E-state index in [9.17, 15) is 0 Å². The van der Waals surface area contributed by atoms with E-state index >= 15 is 0 Å². The minimum Gasteiger partial charge on any atom is -0.457 e. The monoisotopic (exact) mass is 647 g/mol. The molecule has 0 N–H and O–H groups in total. The van der Waals surface area contributed by atoms with Gasteiger partial charge in [-0.05, 0) is 96.0 Å². The quantitative estimate of drug-likeness (QED) is 0.153. The fraction of sp³-hybridized carbons (Fsp3) is 0.182. The van der Waals surface area contributed by atoms with Crippen molar-refractivity contribution in [1.29, 1.82) is 0 Å². The summed E-state index contributed by atoms with van der Waals surface area (Å²) in [5.41, 5.74) is 16.4. The molecule has 0 spiro atoms. The van der Waals surface area contributed by atoms with Gasteiger partial charge in [-0.2, -0.15) is 0 Å². The third kappa shape index (κ3) is 3.54. The van der Waals surface area contributed by atoms with E-state index in [1.54, 1.807) is 0 Å². The SMILES string of the molecule is CC(C)(C)c1ccc2c(c1)B1c3ccc4ccccc4c3-c3cc(C(C)(C)C)cc4c3N1c1c-2ccc2c1B4c1sc3ccccc3c1O2. The normalized spacial score (nSPS) is 14.8. The molecule has 0 aliphatic carbocycles. The van der Waals surface area contributed by atoms with Crippen LogP contribution in [0.4, 0.5) is 11.4 Å². The minimum absolute atomic E-state index is 0.0254. The minimum atomic E-state index is -0.0254. The van der Waals surface area contributed by atoms with Gasteiger partial charge in [0, 0.05) is 37.4 Å². The molecule has 0 saturated carbocycles. The van der Waals surface area contributed by atoms with Crippen LogP contribution in [0.2, 0.25) is 0 Å². The van der Waals surface area contributed by atoms with E-state index in [4.69, 9.17) is 4.74 Å². The average Bonchev–Trinajstić information content (AvgIpc) is 3.46. The van der Waals surface area contributed by atoms with Gasteiger partial charge in [0.2, 0.25) is 0 Å². The zero-order chi connectivity index (χ0) is 33.1. The summed E-state index contributed by atoms with van der Waals surface area (Å²) in [6.07, 6.45) is 0. The van der Waals surface area contributed by atoms with Crippen molar-refractivity contribution in [2.45, 2.75) is 52.4 Å². The standard InChI is InChI=1S/C44H35B2NOS/c1-43(2,3)25-16-17-28-29-18-20-35-38-40(29)47-39-31(37-27-12-8-7-11-24(27)15-19-32(37)46(47)33(28)22-25)21-26(44(4,5)6)23-34(39)45(38)42-41(48-35)30-13-9-10-14-36(30)49-42/h7-23H,1-6H3. The van der Waals surface area contributed by atoms with Gasteiger partial charge in [0.15, 0.2) is 0 Å². The summed E-state index contributed by atoms with van der Waals surface area (Å²) >= 11 is 1.91. The number of hydrogen-bond acceptors (Lipinski definition) is 3. The van der Waals surface area contributed by atoms with Crippen molar-refractivity contribution >= 4 is 83.8 Å². The number of thiophene rings is 1. The van der Waals surface area contributed by atoms with Crippen LogP contribution in [0.25, 0.3) is 43.1 Å². The molecule has 5 heteroatoms. The van der Waals surface area contributed by atoms with Gasteiger partial charge in [-0.1, -0.05) is 114 Å². The van der Waals surface area contributed by atoms with E-state index in [0.29, 0.717) is 0 Å². The number of benzene rings is 6. The molecule has 4 aliphatic rings. The summed E-state index contributed by atoms with van der Waals surface area (Å²) in [7, 11) is 0. The Balaban J connectivity index is 1.35. The Morgan fingerprint density at radius 2 is 1.35 bits per heavy atom. The Hall–Kier alpha value is -4.73. The van der Waals surface area contributed by atoms with Crippen LogP contribution in [0.5, 0.6) is 11.5 Å². The first-order chi connectivity index (χ1) is 23.6. The summed E-state index contributed by atoms with van der Waals surface area (Å²) < 4.78 is 9.62. The summed E-state index contributed by atoms with van der Waals surface area (Å²) in [5, 5.41) is 3.84. The maximum atomic E-state index is 7.01. The van der Waals surface area contributed by atoms with Crippen molar-refractivity contribution in [3.63, 3.8) is 0 Å². The average molecular weight is 647 g/mol. The molecule has 0 amide bonds. The lowest BCUT2D eigenvalue weighted by molar-refractivity contribution is 0.495. The van der Waals surface area contributed by atoms with Crippen LogP contribution in [0.1, 0.15) is 52.7 Å². The lowest BCUT2D eigenvalue weighted by Crippen LogP contribution is -2.68. The summed E-state index contributed by atoms with van der Waals surface area (Å²) in [6.45, 7) is 14.2. The molecular weight excluding hydrogens is 612 g/mol. The fourth-order valence-corrected chi connectivity index (χ4v) is 10.5. The molecule has 7 aromatic rings. The second-order valence-electron chi connectivity index (χ2n) is 16.5. The summed E-state index contributed by atoms with van der Waals surface area (Å²) in [6, 6.07) is 39.5. The van der Waals surface area contributed by atoms with E-state index < -0.39 is 0 Å². The fourth-order valence-electron chi connectivity index (χ4n) is 9.21. The van der Waals surface area contributed by atoms with Gasteiger partial charge in [0.25, 0.3) is 6.71 Å². The summed E-state index contributed by atoms with van der Waals surface area (Å²) in [5.74, 6) is 2.02. The topological polar surface area (TPSA) is 12.5 Å². The lowest BCUT2D eigenvalue weighted by atomic mass is 9.32. The molecule has 4 aliphatic heterocycles. The molecule has 1 aromatic heterocycles. The van der Waals surface area contributed by atoms with Gasteiger partial charge >= 0.3 is 6.85 Å². The van der Waals surface area contributed by atoms with Crippen LogP contribution in [0.15, 0.2) is 103 Å². The second-order valence-corrected chi connectivity index (χ2v) is 17.6. The molecule has 6 aromatic carbocycles. The van der Waals surface area contributed by atoms with Crippen LogP contribution in [-0.2, 0) is 10.8 Å². The molecule has 0 radical (unpaired) electrons. The molecular formula is C44H35B2NOS. The van der Waals surface area contributed by atoms with Crippen molar-refractivity contribution in [2.75, 3.05) is 4.81 Å². The lowest BCUT2D eigenvalue weighted by Gasteiger charge is -2.50. The maximum absolute atomic E-state index is 7.01. The zero-order valence-corrected chi connectivity index (χ0v) is 29.5. The Kier molecular flexibility index (Phi) is 5.22. The Bertz CT molecular complexity index is 2640. The Labute approximate surface area is 292 Å². The molecule has 11 rings (SSSR count). The number of hydrogen-bond donors (Lipinski definition) is 0. The van der Waals surface area contributed by atoms with Gasteiger partial charge < -0.3 is 9.55 Å². The Morgan fingerprint density at radius 1 is 0.612 bits per heavy atom. The zero-order valence-electron chi connectivity index (χ0n) is 28.7. The highest BCUT2D eigenvalue weighted by atomic mass is 32.1. The molecule has 0 fully saturated rings. The number of anilines is 2. The van der Waals surface area contributed by atoms with Crippen LogP contribution in [0.3, 0.4) is 0 Å². The Morgan fingerprint density at radius 3 is 2.16 bits per heavy atom. The first-order valence-electron chi connectivity index (χ1n) is 17.6. The predicted octanol–water partition coefficient (Wildman–Crippen LogP) is 8.49. The van der Waals surface area contributed by atoms with Gasteiger partial charge in [-0.3, -0.25) is 0 Å². The van der Waals surface area contributed by atoms with Crippen LogP contribution in [-0.4, -0.2) is 13.6 Å². The highest BCUT2D eigenvalue weighted by Gasteiger charge is 2.52. The van der Waals surface area contributed by atoms with E-state index in [2.05, 4.69) is 149 Å². The van der Waals surface area contributed by atoms with Crippen LogP contribution < -0.4 is 36.2 Å². The van der Waals surface area contributed by atoms with Crippen LogP contribution in [0, 0.1) is 0 Å². The second kappa shape index (κ2) is 9.08. The van der Waals surface area contributed by atoms with Gasteiger partial charge in [-0.25, -0.2) is 0 Å². The van der Waals surface area contributed by atoms with E-state index in [1.807, 2.05) is 11.3 Å². The molecule has 0 atom stereocenters. The van der Waals surface area contributed by atoms with Gasteiger partial charge in [-0.15, -0.1) is 11.3 Å². The molecule has 234 valence electrons. The highest BCUT2D eigenvalue weighted by molar-refractivity contribution is 7.33. The first-order valence-corrected chi connectivity index (χ1v) is 18.4. The van der Waals surface area contributed by atoms with E-state index in [0.717, 1.165) is 11.5 Å². The van der Waals surface area contributed by atoms with Crippen molar-refractivity contribution in [2.24, 2.45) is 0 Å². The molecule has 0 unspecified atom stereocenters. The molecule has 5 heterocycles. The largest absolute Gasteiger partial charge is 0.457 e. The first kappa shape index (κ1) is 28.1. The van der Waals surface area contributed by atoms with E-state index in [1.165, 1.54) is 92.2 Å². The molecule has 2 nitrogen and oxygen atoms in total. The van der Waals surface area contributed by atoms with E-state index in [-0.39, 0.29) is 24.4 Å².